The lowest BCUT2D eigenvalue weighted by molar-refractivity contribution is -0.126. The summed E-state index contributed by atoms with van der Waals surface area (Å²) in [4.78, 5) is 14.5. The van der Waals surface area contributed by atoms with Gasteiger partial charge in [0.15, 0.2) is 0 Å². The van der Waals surface area contributed by atoms with Crippen molar-refractivity contribution in [2.75, 3.05) is 26.2 Å². The Morgan fingerprint density at radius 1 is 1.16 bits per heavy atom. The quantitative estimate of drug-likeness (QED) is 0.808. The van der Waals surface area contributed by atoms with E-state index in [1.807, 2.05) is 0 Å². The highest BCUT2D eigenvalue weighted by molar-refractivity contribution is 5.78. The molecule has 3 N–H and O–H groups in total. The van der Waals surface area contributed by atoms with Crippen molar-refractivity contribution in [3.8, 4) is 0 Å². The van der Waals surface area contributed by atoms with Crippen LogP contribution in [-0.2, 0) is 4.79 Å². The standard InChI is InChI=1S/C15H29N3O/c1-12-6-9-18(10-7-12)11-8-17-15(19)13-2-4-14(16)5-3-13/h12-14H,2-11,16H2,1H3,(H,17,19). The summed E-state index contributed by atoms with van der Waals surface area (Å²) >= 11 is 0. The lowest BCUT2D eigenvalue weighted by Gasteiger charge is -2.30. The third-order valence-corrected chi connectivity index (χ3v) is 4.75. The van der Waals surface area contributed by atoms with Gasteiger partial charge in [-0.15, -0.1) is 0 Å². The van der Waals surface area contributed by atoms with Gasteiger partial charge in [-0.2, -0.15) is 0 Å². The Kier molecular flexibility index (Phi) is 5.64. The van der Waals surface area contributed by atoms with Crippen LogP contribution in [-0.4, -0.2) is 43.0 Å². The predicted molar refractivity (Wildman–Crippen MR) is 77.8 cm³/mol. The third kappa shape index (κ3) is 4.77. The normalized spacial score (nSPS) is 30.2. The number of nitrogens with zero attached hydrogens (tertiary/aromatic N) is 1. The molecule has 1 amide bonds. The van der Waals surface area contributed by atoms with E-state index in [1.165, 1.54) is 25.9 Å². The van der Waals surface area contributed by atoms with Crippen LogP contribution in [0.4, 0.5) is 0 Å². The Morgan fingerprint density at radius 3 is 2.42 bits per heavy atom. The van der Waals surface area contributed by atoms with Crippen molar-refractivity contribution in [2.45, 2.75) is 51.5 Å². The number of amides is 1. The zero-order valence-corrected chi connectivity index (χ0v) is 12.2. The van der Waals surface area contributed by atoms with Crippen LogP contribution >= 0.6 is 0 Å². The van der Waals surface area contributed by atoms with Crippen molar-refractivity contribution < 1.29 is 4.79 Å². The molecule has 0 bridgehead atoms. The third-order valence-electron chi connectivity index (χ3n) is 4.75. The molecule has 1 heterocycles. The average molecular weight is 267 g/mol. The molecule has 1 aliphatic carbocycles. The first-order valence-corrected chi connectivity index (χ1v) is 7.91. The van der Waals surface area contributed by atoms with Gasteiger partial charge >= 0.3 is 0 Å². The molecule has 4 nitrogen and oxygen atoms in total. The van der Waals surface area contributed by atoms with Gasteiger partial charge in [-0.05, 0) is 57.5 Å². The molecule has 0 unspecified atom stereocenters. The van der Waals surface area contributed by atoms with Crippen molar-refractivity contribution in [3.63, 3.8) is 0 Å². The molecule has 1 saturated carbocycles. The minimum absolute atomic E-state index is 0.209. The number of nitrogens with one attached hydrogen (secondary N) is 1. The van der Waals surface area contributed by atoms with Crippen molar-refractivity contribution in [1.82, 2.24) is 10.2 Å². The van der Waals surface area contributed by atoms with Crippen LogP contribution < -0.4 is 11.1 Å². The van der Waals surface area contributed by atoms with Crippen LogP contribution in [0.2, 0.25) is 0 Å². The molecule has 0 aromatic carbocycles. The Labute approximate surface area is 117 Å². The van der Waals surface area contributed by atoms with Gasteiger partial charge in [0, 0.05) is 25.0 Å². The highest BCUT2D eigenvalue weighted by atomic mass is 16.1. The number of piperidine rings is 1. The maximum absolute atomic E-state index is 12.0. The number of carbonyl (C=O) groups is 1. The lowest BCUT2D eigenvalue weighted by atomic mass is 9.86. The highest BCUT2D eigenvalue weighted by Gasteiger charge is 2.24. The SMILES string of the molecule is CC1CCN(CCNC(=O)C2CCC(N)CC2)CC1. The molecular weight excluding hydrogens is 238 g/mol. The molecule has 0 aromatic rings. The van der Waals surface area contributed by atoms with E-state index >= 15 is 0 Å². The fourth-order valence-electron chi connectivity index (χ4n) is 3.15. The summed E-state index contributed by atoms with van der Waals surface area (Å²) in [6.07, 6.45) is 6.54. The molecular formula is C15H29N3O. The minimum atomic E-state index is 0.209. The lowest BCUT2D eigenvalue weighted by Crippen LogP contribution is -2.41. The summed E-state index contributed by atoms with van der Waals surface area (Å²) in [6, 6.07) is 0.319. The number of nitrogens with two attached hydrogens (primary N) is 1. The largest absolute Gasteiger partial charge is 0.355 e. The Hall–Kier alpha value is -0.610. The van der Waals surface area contributed by atoms with E-state index in [0.29, 0.717) is 6.04 Å². The van der Waals surface area contributed by atoms with Crippen molar-refractivity contribution in [1.29, 1.82) is 0 Å². The van der Waals surface area contributed by atoms with Gasteiger partial charge in [0.25, 0.3) is 0 Å². The second-order valence-electron chi connectivity index (χ2n) is 6.43. The van der Waals surface area contributed by atoms with Crippen molar-refractivity contribution in [2.24, 2.45) is 17.6 Å². The predicted octanol–water partition coefficient (Wildman–Crippen LogP) is 1.35. The van der Waals surface area contributed by atoms with Gasteiger partial charge in [-0.3, -0.25) is 4.79 Å². The van der Waals surface area contributed by atoms with Crippen LogP contribution in [0, 0.1) is 11.8 Å². The molecule has 2 fully saturated rings. The highest BCUT2D eigenvalue weighted by Crippen LogP contribution is 2.23. The van der Waals surface area contributed by atoms with E-state index in [2.05, 4.69) is 17.1 Å². The maximum Gasteiger partial charge on any atom is 0.223 e. The summed E-state index contributed by atoms with van der Waals surface area (Å²) in [5.74, 6) is 1.33. The zero-order chi connectivity index (χ0) is 13.7. The van der Waals surface area contributed by atoms with Gasteiger partial charge < -0.3 is 16.0 Å². The van der Waals surface area contributed by atoms with Crippen LogP contribution in [0.1, 0.15) is 45.4 Å². The molecule has 0 spiro atoms. The van der Waals surface area contributed by atoms with Gasteiger partial charge in [-0.25, -0.2) is 0 Å². The van der Waals surface area contributed by atoms with Gasteiger partial charge in [-0.1, -0.05) is 6.92 Å². The summed E-state index contributed by atoms with van der Waals surface area (Å²) in [6.45, 7) is 6.51. The molecule has 0 radical (unpaired) electrons. The summed E-state index contributed by atoms with van der Waals surface area (Å²) in [5.41, 5.74) is 5.87. The Morgan fingerprint density at radius 2 is 1.79 bits per heavy atom. The molecule has 0 atom stereocenters. The smallest absolute Gasteiger partial charge is 0.223 e. The van der Waals surface area contributed by atoms with Crippen LogP contribution in [0.5, 0.6) is 0 Å². The van der Waals surface area contributed by atoms with Crippen LogP contribution in [0.3, 0.4) is 0 Å². The van der Waals surface area contributed by atoms with E-state index in [9.17, 15) is 4.79 Å². The van der Waals surface area contributed by atoms with Gasteiger partial charge in [0.1, 0.15) is 0 Å². The number of carbonyl (C=O) groups excluding carboxylic acids is 1. The first-order valence-electron chi connectivity index (χ1n) is 7.91. The van der Waals surface area contributed by atoms with Gasteiger partial charge in [0.2, 0.25) is 5.91 Å². The molecule has 2 rings (SSSR count). The van der Waals surface area contributed by atoms with Gasteiger partial charge in [0.05, 0.1) is 0 Å². The second-order valence-corrected chi connectivity index (χ2v) is 6.43. The number of hydrogen-bond acceptors (Lipinski definition) is 3. The number of rotatable bonds is 4. The maximum atomic E-state index is 12.0. The first kappa shape index (κ1) is 14.8. The first-order chi connectivity index (χ1) is 9.15. The number of hydrogen-bond donors (Lipinski definition) is 2. The molecule has 1 saturated heterocycles. The summed E-state index contributed by atoms with van der Waals surface area (Å²) < 4.78 is 0. The van der Waals surface area contributed by atoms with Crippen molar-refractivity contribution in [3.05, 3.63) is 0 Å². The molecule has 110 valence electrons. The average Bonchev–Trinajstić information content (AvgIpc) is 2.41. The molecule has 19 heavy (non-hydrogen) atoms. The zero-order valence-electron chi connectivity index (χ0n) is 12.2. The Bertz CT molecular complexity index is 279. The van der Waals surface area contributed by atoms with Crippen LogP contribution in [0.15, 0.2) is 0 Å². The van der Waals surface area contributed by atoms with E-state index < -0.39 is 0 Å². The fourth-order valence-corrected chi connectivity index (χ4v) is 3.15. The van der Waals surface area contributed by atoms with Crippen molar-refractivity contribution >= 4 is 5.91 Å². The second kappa shape index (κ2) is 7.25. The van der Waals surface area contributed by atoms with E-state index in [4.69, 9.17) is 5.73 Å². The molecule has 4 heteroatoms. The Balaban J connectivity index is 1.59. The van der Waals surface area contributed by atoms with Crippen LogP contribution in [0.25, 0.3) is 0 Å². The topological polar surface area (TPSA) is 58.4 Å². The summed E-state index contributed by atoms with van der Waals surface area (Å²) in [5, 5.41) is 3.10. The molecule has 2 aliphatic rings. The molecule has 1 aliphatic heterocycles. The minimum Gasteiger partial charge on any atom is -0.355 e. The summed E-state index contributed by atoms with van der Waals surface area (Å²) in [7, 11) is 0. The van der Waals surface area contributed by atoms with E-state index in [0.717, 1.165) is 44.7 Å². The fraction of sp³-hybridized carbons (Fsp3) is 0.933. The number of likely N-dealkylation sites (tertiary alicyclic amines) is 1. The molecule has 0 aromatic heterocycles. The van der Waals surface area contributed by atoms with E-state index in [1.54, 1.807) is 0 Å². The van der Waals surface area contributed by atoms with E-state index in [-0.39, 0.29) is 11.8 Å². The monoisotopic (exact) mass is 267 g/mol.